The van der Waals surface area contributed by atoms with Gasteiger partial charge in [0.1, 0.15) is 0 Å². The molecule has 0 fully saturated rings. The topological polar surface area (TPSA) is 57.0 Å². The van der Waals surface area contributed by atoms with Crippen molar-refractivity contribution in [2.75, 3.05) is 11.5 Å². The molecule has 0 bridgehead atoms. The summed E-state index contributed by atoms with van der Waals surface area (Å²) in [6.07, 6.45) is 0. The molecule has 3 heteroatoms. The van der Waals surface area contributed by atoms with Gasteiger partial charge in [0.05, 0.1) is 11.0 Å². The number of anilines is 2. The maximum atomic E-state index is 7.29. The molecule has 39 heavy (non-hydrogen) atoms. The van der Waals surface area contributed by atoms with Gasteiger partial charge in [-0.1, -0.05) is 109 Å². The molecule has 1 aromatic heterocycles. The lowest BCUT2D eigenvalue weighted by atomic mass is 9.85. The van der Waals surface area contributed by atoms with E-state index in [9.17, 15) is 0 Å². The van der Waals surface area contributed by atoms with E-state index in [0.717, 1.165) is 72.2 Å². The molecule has 0 amide bonds. The van der Waals surface area contributed by atoms with Gasteiger partial charge in [0, 0.05) is 44.5 Å². The van der Waals surface area contributed by atoms with Gasteiger partial charge in [-0.2, -0.15) is 0 Å². The van der Waals surface area contributed by atoms with Crippen molar-refractivity contribution in [3.05, 3.63) is 140 Å². The first-order valence-corrected chi connectivity index (χ1v) is 13.1. The second-order valence-electron chi connectivity index (χ2n) is 9.81. The minimum Gasteiger partial charge on any atom is -0.399 e. The molecule has 6 aromatic carbocycles. The Balaban J connectivity index is 1.82. The third-order valence-electron chi connectivity index (χ3n) is 7.47. The van der Waals surface area contributed by atoms with Crippen LogP contribution in [0.3, 0.4) is 0 Å². The van der Waals surface area contributed by atoms with E-state index >= 15 is 0 Å². The van der Waals surface area contributed by atoms with Gasteiger partial charge in [-0.25, -0.2) is 0 Å². The first-order chi connectivity index (χ1) is 19.2. The van der Waals surface area contributed by atoms with E-state index in [1.54, 1.807) is 0 Å². The summed E-state index contributed by atoms with van der Waals surface area (Å²) in [5.74, 6) is 0. The van der Waals surface area contributed by atoms with Gasteiger partial charge in [0.25, 0.3) is 0 Å². The molecule has 0 aliphatic carbocycles. The van der Waals surface area contributed by atoms with Crippen LogP contribution in [0.1, 0.15) is 0 Å². The number of nitrogens with zero attached hydrogens (tertiary/aromatic N) is 1. The number of para-hydroxylation sites is 1. The quantitative estimate of drug-likeness (QED) is 0.237. The van der Waals surface area contributed by atoms with E-state index in [1.165, 1.54) is 0 Å². The maximum Gasteiger partial charge on any atom is 0.0633 e. The van der Waals surface area contributed by atoms with Crippen LogP contribution in [-0.4, -0.2) is 4.57 Å². The minimum atomic E-state index is 0.723. The van der Waals surface area contributed by atoms with E-state index < -0.39 is 0 Å². The number of hydrogen-bond acceptors (Lipinski definition) is 2. The third kappa shape index (κ3) is 3.67. The number of nitrogens with two attached hydrogens (primary N) is 2. The first-order valence-electron chi connectivity index (χ1n) is 13.1. The molecule has 1 heterocycles. The predicted octanol–water partition coefficient (Wildman–Crippen LogP) is 8.95. The van der Waals surface area contributed by atoms with Gasteiger partial charge >= 0.3 is 0 Å². The van der Waals surface area contributed by atoms with Crippen molar-refractivity contribution in [3.63, 3.8) is 0 Å². The average Bonchev–Trinajstić information content (AvgIpc) is 3.32. The number of nitrogen functional groups attached to an aromatic ring is 2. The van der Waals surface area contributed by atoms with Gasteiger partial charge in [0.2, 0.25) is 0 Å². The fourth-order valence-electron chi connectivity index (χ4n) is 5.85. The van der Waals surface area contributed by atoms with Crippen molar-refractivity contribution in [1.82, 2.24) is 4.57 Å². The van der Waals surface area contributed by atoms with E-state index in [4.69, 9.17) is 11.5 Å². The van der Waals surface area contributed by atoms with Gasteiger partial charge in [-0.3, -0.25) is 0 Å². The van der Waals surface area contributed by atoms with Crippen LogP contribution >= 0.6 is 0 Å². The van der Waals surface area contributed by atoms with Crippen LogP contribution in [-0.2, 0) is 0 Å². The van der Waals surface area contributed by atoms with Crippen LogP contribution in [0.25, 0.3) is 60.9 Å². The lowest BCUT2D eigenvalue weighted by Gasteiger charge is -2.21. The second-order valence-corrected chi connectivity index (χ2v) is 9.81. The van der Waals surface area contributed by atoms with Crippen molar-refractivity contribution in [3.8, 4) is 39.1 Å². The van der Waals surface area contributed by atoms with Crippen LogP contribution in [0.15, 0.2) is 140 Å². The molecule has 7 aromatic rings. The van der Waals surface area contributed by atoms with Gasteiger partial charge in [-0.15, -0.1) is 0 Å². The number of benzene rings is 6. The zero-order valence-corrected chi connectivity index (χ0v) is 21.4. The highest BCUT2D eigenvalue weighted by Gasteiger charge is 2.27. The molecular weight excluding hydrogens is 474 g/mol. The summed E-state index contributed by atoms with van der Waals surface area (Å²) >= 11 is 0. The monoisotopic (exact) mass is 501 g/mol. The van der Waals surface area contributed by atoms with Gasteiger partial charge in [0.15, 0.2) is 0 Å². The first kappa shape index (κ1) is 22.9. The molecular formula is C36H27N3. The van der Waals surface area contributed by atoms with E-state index in [0.29, 0.717) is 0 Å². The summed E-state index contributed by atoms with van der Waals surface area (Å²) in [6.45, 7) is 0. The molecule has 0 unspecified atom stereocenters. The molecule has 0 aliphatic rings. The Bertz CT molecular complexity index is 1940. The third-order valence-corrected chi connectivity index (χ3v) is 7.47. The predicted molar refractivity (Wildman–Crippen MR) is 166 cm³/mol. The standard InChI is InChI=1S/C36H27N3/c37-27-21-22-30-29(23-27)34-32(25-15-7-2-8-16-25)35(38)31(24-13-5-1-6-14-24)33(26-17-9-3-10-18-26)36(34)39(30)28-19-11-4-12-20-28/h1-23H,37-38H2. The number of rotatable bonds is 4. The van der Waals surface area contributed by atoms with Gasteiger partial charge in [-0.05, 0) is 47.0 Å². The van der Waals surface area contributed by atoms with E-state index in [1.807, 2.05) is 18.2 Å². The van der Waals surface area contributed by atoms with Crippen molar-refractivity contribution in [1.29, 1.82) is 0 Å². The van der Waals surface area contributed by atoms with Crippen LogP contribution in [0, 0.1) is 0 Å². The zero-order valence-electron chi connectivity index (χ0n) is 21.4. The van der Waals surface area contributed by atoms with Crippen LogP contribution in [0.2, 0.25) is 0 Å². The molecule has 0 aliphatic heterocycles. The van der Waals surface area contributed by atoms with Crippen molar-refractivity contribution in [2.24, 2.45) is 0 Å². The number of fused-ring (bicyclic) bond motifs is 3. The van der Waals surface area contributed by atoms with Crippen LogP contribution in [0.4, 0.5) is 11.4 Å². The summed E-state index contributed by atoms with van der Waals surface area (Å²) in [5.41, 5.74) is 24.9. The number of hydrogen-bond donors (Lipinski definition) is 2. The summed E-state index contributed by atoms with van der Waals surface area (Å²) in [4.78, 5) is 0. The molecule has 4 N–H and O–H groups in total. The van der Waals surface area contributed by atoms with Crippen LogP contribution in [0.5, 0.6) is 0 Å². The summed E-state index contributed by atoms with van der Waals surface area (Å²) in [7, 11) is 0. The highest BCUT2D eigenvalue weighted by Crippen LogP contribution is 2.51. The summed E-state index contributed by atoms with van der Waals surface area (Å²) < 4.78 is 2.37. The Hall–Kier alpha value is -5.28. The molecule has 186 valence electrons. The van der Waals surface area contributed by atoms with Gasteiger partial charge < -0.3 is 16.0 Å². The molecule has 0 radical (unpaired) electrons. The Morgan fingerprint density at radius 3 is 1.51 bits per heavy atom. The minimum absolute atomic E-state index is 0.723. The van der Waals surface area contributed by atoms with Crippen LogP contribution < -0.4 is 11.5 Å². The average molecular weight is 502 g/mol. The smallest absolute Gasteiger partial charge is 0.0633 e. The van der Waals surface area contributed by atoms with E-state index in [2.05, 4.69) is 126 Å². The number of aromatic nitrogens is 1. The summed E-state index contributed by atoms with van der Waals surface area (Å²) in [6, 6.07) is 48.2. The zero-order chi connectivity index (χ0) is 26.3. The molecule has 0 atom stereocenters. The lowest BCUT2D eigenvalue weighted by Crippen LogP contribution is -2.02. The lowest BCUT2D eigenvalue weighted by molar-refractivity contribution is 1.18. The fourth-order valence-corrected chi connectivity index (χ4v) is 5.85. The Kier molecular flexibility index (Phi) is 5.42. The normalized spacial score (nSPS) is 11.3. The Morgan fingerprint density at radius 2 is 0.949 bits per heavy atom. The highest BCUT2D eigenvalue weighted by atomic mass is 15.0. The Morgan fingerprint density at radius 1 is 0.462 bits per heavy atom. The second kappa shape index (κ2) is 9.23. The molecule has 0 saturated carbocycles. The maximum absolute atomic E-state index is 7.29. The Labute approximate surface area is 227 Å². The largest absolute Gasteiger partial charge is 0.399 e. The molecule has 0 spiro atoms. The van der Waals surface area contributed by atoms with Crippen molar-refractivity contribution < 1.29 is 0 Å². The molecule has 7 rings (SSSR count). The molecule has 0 saturated heterocycles. The SMILES string of the molecule is Nc1ccc2c(c1)c1c(-c3ccccc3)c(N)c(-c3ccccc3)c(-c3ccccc3)c1n2-c1ccccc1. The van der Waals surface area contributed by atoms with E-state index in [-0.39, 0.29) is 0 Å². The fraction of sp³-hybridized carbons (Fsp3) is 0. The summed E-state index contributed by atoms with van der Waals surface area (Å²) in [5, 5.41) is 2.18. The molecule has 3 nitrogen and oxygen atoms in total. The van der Waals surface area contributed by atoms with Crippen molar-refractivity contribution in [2.45, 2.75) is 0 Å². The van der Waals surface area contributed by atoms with Crippen molar-refractivity contribution >= 4 is 33.2 Å². The highest BCUT2D eigenvalue weighted by molar-refractivity contribution is 6.26.